The van der Waals surface area contributed by atoms with E-state index in [0.717, 1.165) is 25.0 Å². The third-order valence-electron chi connectivity index (χ3n) is 6.45. The van der Waals surface area contributed by atoms with Crippen molar-refractivity contribution < 1.29 is 27.9 Å². The molecular weight excluding hydrogens is 397 g/mol. The zero-order valence-corrected chi connectivity index (χ0v) is 15.9. The van der Waals surface area contributed by atoms with Crippen LogP contribution in [-0.2, 0) is 15.8 Å². The second-order valence-corrected chi connectivity index (χ2v) is 7.82. The Morgan fingerprint density at radius 2 is 1.86 bits per heavy atom. The lowest BCUT2D eigenvalue weighted by atomic mass is 9.81. The topological polar surface area (TPSA) is 60.9 Å². The molecule has 1 aromatic carbocycles. The molecule has 2 saturated heterocycles. The fraction of sp³-hybridized carbons (Fsp3) is 0.579. The SMILES string of the molecule is Cl.O=C1C(N2C[C@@H]3CCC[C@@]3(C(=O)O)C2)CCN1c1ccc(C(F)(F)F)cc1. The number of fused-ring (bicyclic) bond motifs is 1. The second kappa shape index (κ2) is 7.22. The summed E-state index contributed by atoms with van der Waals surface area (Å²) in [5.41, 5.74) is -1.05. The highest BCUT2D eigenvalue weighted by Gasteiger charge is 2.57. The average molecular weight is 419 g/mol. The number of carbonyl (C=O) groups excluding carboxylic acids is 1. The quantitative estimate of drug-likeness (QED) is 0.817. The highest BCUT2D eigenvalue weighted by atomic mass is 35.5. The van der Waals surface area contributed by atoms with Gasteiger partial charge in [-0.3, -0.25) is 14.5 Å². The predicted molar refractivity (Wildman–Crippen MR) is 98.4 cm³/mol. The van der Waals surface area contributed by atoms with Crippen molar-refractivity contribution >= 4 is 30.0 Å². The number of nitrogens with zero attached hydrogens (tertiary/aromatic N) is 2. The van der Waals surface area contributed by atoms with Crippen LogP contribution in [0.1, 0.15) is 31.2 Å². The lowest BCUT2D eigenvalue weighted by Gasteiger charge is -2.26. The van der Waals surface area contributed by atoms with Crippen LogP contribution in [0.2, 0.25) is 0 Å². The van der Waals surface area contributed by atoms with Crippen LogP contribution in [0.25, 0.3) is 0 Å². The highest BCUT2D eigenvalue weighted by molar-refractivity contribution is 5.99. The number of amides is 1. The summed E-state index contributed by atoms with van der Waals surface area (Å²) in [5, 5.41) is 9.71. The van der Waals surface area contributed by atoms with Crippen molar-refractivity contribution in [3.63, 3.8) is 0 Å². The van der Waals surface area contributed by atoms with E-state index in [1.807, 2.05) is 4.90 Å². The Kier molecular flexibility index (Phi) is 5.40. The fourth-order valence-electron chi connectivity index (χ4n) is 5.01. The Morgan fingerprint density at radius 3 is 2.43 bits per heavy atom. The van der Waals surface area contributed by atoms with Gasteiger partial charge in [0.05, 0.1) is 17.0 Å². The molecule has 28 heavy (non-hydrogen) atoms. The lowest BCUT2D eigenvalue weighted by Crippen LogP contribution is -2.43. The number of rotatable bonds is 3. The minimum absolute atomic E-state index is 0. The van der Waals surface area contributed by atoms with E-state index in [-0.39, 0.29) is 24.2 Å². The summed E-state index contributed by atoms with van der Waals surface area (Å²) in [5.74, 6) is -0.865. The molecule has 0 aromatic heterocycles. The predicted octanol–water partition coefficient (Wildman–Crippen LogP) is 3.42. The zero-order chi connectivity index (χ0) is 19.4. The lowest BCUT2D eigenvalue weighted by molar-refractivity contribution is -0.149. The van der Waals surface area contributed by atoms with Gasteiger partial charge in [0.1, 0.15) is 0 Å². The molecule has 2 heterocycles. The smallest absolute Gasteiger partial charge is 0.416 e. The first-order chi connectivity index (χ1) is 12.7. The van der Waals surface area contributed by atoms with Crippen LogP contribution < -0.4 is 4.90 Å². The standard InChI is InChI=1S/C19H21F3N2O3.ClH/c20-19(21,22)12-3-5-14(6-4-12)24-9-7-15(16(24)25)23-10-13-2-1-8-18(13,11-23)17(26)27;/h3-6,13,15H,1-2,7-11H2,(H,26,27);1H/t13-,15?,18+;/m0./s1. The molecule has 154 valence electrons. The van der Waals surface area contributed by atoms with Gasteiger partial charge in [-0.15, -0.1) is 12.4 Å². The van der Waals surface area contributed by atoms with Gasteiger partial charge in [-0.1, -0.05) is 6.42 Å². The molecule has 4 rings (SSSR count). The van der Waals surface area contributed by atoms with E-state index in [9.17, 15) is 27.9 Å². The molecule has 3 fully saturated rings. The molecule has 1 N–H and O–H groups in total. The minimum Gasteiger partial charge on any atom is -0.481 e. The third-order valence-corrected chi connectivity index (χ3v) is 6.45. The molecule has 2 aliphatic heterocycles. The van der Waals surface area contributed by atoms with Gasteiger partial charge in [0.25, 0.3) is 0 Å². The Labute approximate surface area is 166 Å². The van der Waals surface area contributed by atoms with Gasteiger partial charge >= 0.3 is 12.1 Å². The van der Waals surface area contributed by atoms with E-state index in [4.69, 9.17) is 0 Å². The number of carbonyl (C=O) groups is 2. The van der Waals surface area contributed by atoms with Gasteiger partial charge in [0.2, 0.25) is 5.91 Å². The first kappa shape index (κ1) is 20.9. The number of hydrogen-bond acceptors (Lipinski definition) is 3. The van der Waals surface area contributed by atoms with Crippen LogP contribution in [0, 0.1) is 11.3 Å². The normalized spacial score (nSPS) is 30.4. The number of aliphatic carboxylic acids is 1. The van der Waals surface area contributed by atoms with E-state index >= 15 is 0 Å². The molecule has 1 unspecified atom stereocenters. The number of alkyl halides is 3. The molecule has 1 aliphatic carbocycles. The molecule has 0 spiro atoms. The summed E-state index contributed by atoms with van der Waals surface area (Å²) in [6.45, 7) is 1.41. The van der Waals surface area contributed by atoms with Crippen molar-refractivity contribution in [3.05, 3.63) is 29.8 Å². The van der Waals surface area contributed by atoms with Gasteiger partial charge in [-0.25, -0.2) is 0 Å². The molecule has 0 bridgehead atoms. The number of likely N-dealkylation sites (tertiary alicyclic amines) is 1. The Morgan fingerprint density at radius 1 is 1.18 bits per heavy atom. The molecule has 1 aromatic rings. The number of carboxylic acid groups (broad SMARTS) is 1. The Bertz CT molecular complexity index is 771. The number of halogens is 4. The van der Waals surface area contributed by atoms with E-state index in [1.165, 1.54) is 17.0 Å². The molecule has 9 heteroatoms. The van der Waals surface area contributed by atoms with Crippen LogP contribution in [-0.4, -0.2) is 47.6 Å². The Hall–Kier alpha value is -1.80. The average Bonchev–Trinajstić information content (AvgIpc) is 3.26. The molecule has 1 saturated carbocycles. The first-order valence-electron chi connectivity index (χ1n) is 9.18. The van der Waals surface area contributed by atoms with E-state index in [1.54, 1.807) is 0 Å². The number of hydrogen-bond donors (Lipinski definition) is 1. The number of anilines is 1. The van der Waals surface area contributed by atoms with Crippen molar-refractivity contribution in [1.29, 1.82) is 0 Å². The highest BCUT2D eigenvalue weighted by Crippen LogP contribution is 2.50. The van der Waals surface area contributed by atoms with Crippen LogP contribution in [0.4, 0.5) is 18.9 Å². The van der Waals surface area contributed by atoms with E-state index < -0.39 is 29.2 Å². The van der Waals surface area contributed by atoms with Crippen molar-refractivity contribution in [2.75, 3.05) is 24.5 Å². The minimum atomic E-state index is -4.41. The molecule has 3 atom stereocenters. The molecule has 1 amide bonds. The van der Waals surface area contributed by atoms with Crippen LogP contribution in [0.5, 0.6) is 0 Å². The first-order valence-corrected chi connectivity index (χ1v) is 9.18. The van der Waals surface area contributed by atoms with Crippen molar-refractivity contribution in [2.24, 2.45) is 11.3 Å². The maximum absolute atomic E-state index is 12.9. The second-order valence-electron chi connectivity index (χ2n) is 7.82. The van der Waals surface area contributed by atoms with Crippen LogP contribution >= 0.6 is 12.4 Å². The van der Waals surface area contributed by atoms with Crippen molar-refractivity contribution in [1.82, 2.24) is 4.90 Å². The van der Waals surface area contributed by atoms with Crippen LogP contribution in [0.3, 0.4) is 0 Å². The molecule has 3 aliphatic rings. The summed E-state index contributed by atoms with van der Waals surface area (Å²) < 4.78 is 38.2. The zero-order valence-electron chi connectivity index (χ0n) is 15.1. The Balaban J connectivity index is 0.00000225. The summed E-state index contributed by atoms with van der Waals surface area (Å²) in [7, 11) is 0. The van der Waals surface area contributed by atoms with Gasteiger partial charge in [0, 0.05) is 25.3 Å². The largest absolute Gasteiger partial charge is 0.481 e. The molecular formula is C19H22ClF3N2O3. The maximum Gasteiger partial charge on any atom is 0.416 e. The molecule has 0 radical (unpaired) electrons. The van der Waals surface area contributed by atoms with Gasteiger partial charge in [-0.05, 0) is 49.4 Å². The van der Waals surface area contributed by atoms with E-state index in [2.05, 4.69) is 0 Å². The van der Waals surface area contributed by atoms with Crippen LogP contribution in [0.15, 0.2) is 24.3 Å². The van der Waals surface area contributed by atoms with Gasteiger partial charge in [0.15, 0.2) is 0 Å². The van der Waals surface area contributed by atoms with Crippen molar-refractivity contribution in [2.45, 2.75) is 37.9 Å². The summed E-state index contributed by atoms with van der Waals surface area (Å²) >= 11 is 0. The molecule has 5 nitrogen and oxygen atoms in total. The van der Waals surface area contributed by atoms with E-state index in [0.29, 0.717) is 38.2 Å². The number of carboxylic acids is 1. The summed E-state index contributed by atoms with van der Waals surface area (Å²) in [4.78, 5) is 28.2. The fourth-order valence-corrected chi connectivity index (χ4v) is 5.01. The maximum atomic E-state index is 12.9. The van der Waals surface area contributed by atoms with Gasteiger partial charge in [-0.2, -0.15) is 13.2 Å². The third kappa shape index (κ3) is 3.26. The van der Waals surface area contributed by atoms with Gasteiger partial charge < -0.3 is 10.0 Å². The van der Waals surface area contributed by atoms with Crippen molar-refractivity contribution in [3.8, 4) is 0 Å². The number of benzene rings is 1. The monoisotopic (exact) mass is 418 g/mol. The summed E-state index contributed by atoms with van der Waals surface area (Å²) in [6.07, 6.45) is -1.43. The summed E-state index contributed by atoms with van der Waals surface area (Å²) in [6, 6.07) is 4.21.